The lowest BCUT2D eigenvalue weighted by Gasteiger charge is -2.44. The van der Waals surface area contributed by atoms with E-state index >= 15 is 0 Å². The van der Waals surface area contributed by atoms with Crippen LogP contribution in [0.1, 0.15) is 64.2 Å². The number of methoxy groups -OCH3 is 1. The number of piperidine rings is 1. The molecule has 0 bridgehead atoms. The van der Waals surface area contributed by atoms with E-state index in [-0.39, 0.29) is 0 Å². The van der Waals surface area contributed by atoms with E-state index in [1.165, 1.54) is 57.9 Å². The van der Waals surface area contributed by atoms with Crippen molar-refractivity contribution in [2.45, 2.75) is 64.2 Å². The smallest absolute Gasteiger partial charge is 0.193 e. The van der Waals surface area contributed by atoms with Crippen molar-refractivity contribution in [2.24, 2.45) is 10.4 Å². The van der Waals surface area contributed by atoms with E-state index in [4.69, 9.17) is 9.47 Å². The maximum atomic E-state index is 5.52. The summed E-state index contributed by atoms with van der Waals surface area (Å²) in [4.78, 5) is 7.07. The van der Waals surface area contributed by atoms with Gasteiger partial charge in [-0.05, 0) is 43.9 Å². The Kier molecular flexibility index (Phi) is 9.63. The molecule has 5 nitrogen and oxygen atoms in total. The van der Waals surface area contributed by atoms with Gasteiger partial charge in [0, 0.05) is 40.4 Å². The number of hydrogen-bond donors (Lipinski definition) is 1. The minimum Gasteiger partial charge on any atom is -0.382 e. The molecule has 0 aromatic rings. The maximum absolute atomic E-state index is 5.52. The maximum Gasteiger partial charge on any atom is 0.193 e. The van der Waals surface area contributed by atoms with Crippen LogP contribution in [0.3, 0.4) is 0 Å². The number of aliphatic imine (C=N–C) groups is 1. The van der Waals surface area contributed by atoms with Crippen LogP contribution in [0.25, 0.3) is 0 Å². The van der Waals surface area contributed by atoms with Crippen molar-refractivity contribution in [3.05, 3.63) is 0 Å². The third-order valence-electron chi connectivity index (χ3n) is 5.77. The quantitative estimate of drug-likeness (QED) is 0.412. The highest BCUT2D eigenvalue weighted by Crippen LogP contribution is 2.42. The van der Waals surface area contributed by atoms with Crippen molar-refractivity contribution in [2.75, 3.05) is 53.6 Å². The van der Waals surface area contributed by atoms with Crippen LogP contribution in [0.2, 0.25) is 0 Å². The van der Waals surface area contributed by atoms with Crippen LogP contribution in [-0.4, -0.2) is 64.5 Å². The van der Waals surface area contributed by atoms with Crippen molar-refractivity contribution in [3.63, 3.8) is 0 Å². The van der Waals surface area contributed by atoms with Crippen LogP contribution in [0.4, 0.5) is 0 Å². The Balaban J connectivity index is 1.69. The molecule has 0 radical (unpaired) electrons. The second kappa shape index (κ2) is 11.7. The summed E-state index contributed by atoms with van der Waals surface area (Å²) in [6.07, 6.45) is 13.5. The van der Waals surface area contributed by atoms with Gasteiger partial charge in [-0.15, -0.1) is 0 Å². The number of nitrogens with zero attached hydrogens (tertiary/aromatic N) is 2. The van der Waals surface area contributed by atoms with Crippen molar-refractivity contribution in [1.82, 2.24) is 10.2 Å². The molecule has 146 valence electrons. The Morgan fingerprint density at radius 1 is 1.00 bits per heavy atom. The van der Waals surface area contributed by atoms with Gasteiger partial charge in [-0.3, -0.25) is 4.99 Å². The molecule has 1 spiro atoms. The van der Waals surface area contributed by atoms with Gasteiger partial charge in [0.15, 0.2) is 5.96 Å². The van der Waals surface area contributed by atoms with Gasteiger partial charge in [0.1, 0.15) is 0 Å². The molecule has 0 amide bonds. The summed E-state index contributed by atoms with van der Waals surface area (Å²) in [5.74, 6) is 1.10. The molecule has 0 unspecified atom stereocenters. The molecule has 0 aromatic heterocycles. The minimum atomic E-state index is 0.557. The van der Waals surface area contributed by atoms with Crippen LogP contribution in [0.5, 0.6) is 0 Å². The Bertz CT molecular complexity index is 379. The van der Waals surface area contributed by atoms with E-state index in [1.54, 1.807) is 7.11 Å². The van der Waals surface area contributed by atoms with Gasteiger partial charge in [0.25, 0.3) is 0 Å². The molecule has 1 aliphatic carbocycles. The standard InChI is InChI=1S/C20H39N3O2/c1-21-19(22-13-7-8-15-25-17-16-24-2)23-14-9-12-20(18-23)10-5-3-4-6-11-20/h3-18H2,1-2H3,(H,21,22). The zero-order valence-corrected chi connectivity index (χ0v) is 16.5. The number of ether oxygens (including phenoxy) is 2. The first-order valence-corrected chi connectivity index (χ1v) is 10.3. The molecule has 1 heterocycles. The van der Waals surface area contributed by atoms with Crippen LogP contribution in [-0.2, 0) is 9.47 Å². The topological polar surface area (TPSA) is 46.1 Å². The second-order valence-corrected chi connectivity index (χ2v) is 7.73. The molecular weight excluding hydrogens is 314 g/mol. The van der Waals surface area contributed by atoms with E-state index < -0.39 is 0 Å². The fourth-order valence-electron chi connectivity index (χ4n) is 4.38. The fourth-order valence-corrected chi connectivity index (χ4v) is 4.38. The highest BCUT2D eigenvalue weighted by Gasteiger charge is 2.36. The molecule has 1 saturated carbocycles. The Labute approximate surface area is 154 Å². The molecule has 1 aliphatic heterocycles. The van der Waals surface area contributed by atoms with Crippen LogP contribution >= 0.6 is 0 Å². The van der Waals surface area contributed by atoms with Crippen LogP contribution in [0, 0.1) is 5.41 Å². The lowest BCUT2D eigenvalue weighted by atomic mass is 9.74. The normalized spacial score (nSPS) is 21.4. The number of guanidine groups is 1. The van der Waals surface area contributed by atoms with E-state index in [0.717, 1.165) is 38.5 Å². The van der Waals surface area contributed by atoms with Crippen molar-refractivity contribution in [1.29, 1.82) is 0 Å². The van der Waals surface area contributed by atoms with Gasteiger partial charge in [-0.2, -0.15) is 0 Å². The Morgan fingerprint density at radius 2 is 1.76 bits per heavy atom. The molecule has 5 heteroatoms. The fraction of sp³-hybridized carbons (Fsp3) is 0.950. The molecule has 2 fully saturated rings. The minimum absolute atomic E-state index is 0.557. The number of likely N-dealkylation sites (tertiary alicyclic amines) is 1. The van der Waals surface area contributed by atoms with E-state index in [1.807, 2.05) is 7.05 Å². The van der Waals surface area contributed by atoms with Gasteiger partial charge in [0.2, 0.25) is 0 Å². The summed E-state index contributed by atoms with van der Waals surface area (Å²) < 4.78 is 10.5. The lowest BCUT2D eigenvalue weighted by Crippen LogP contribution is -2.50. The predicted molar refractivity (Wildman–Crippen MR) is 104 cm³/mol. The van der Waals surface area contributed by atoms with Gasteiger partial charge in [-0.25, -0.2) is 0 Å². The number of nitrogens with one attached hydrogen (secondary N) is 1. The first kappa shape index (κ1) is 20.5. The summed E-state index contributed by atoms with van der Waals surface area (Å²) in [7, 11) is 3.63. The van der Waals surface area contributed by atoms with E-state index in [9.17, 15) is 0 Å². The SMILES string of the molecule is CN=C(NCCCCOCCOC)N1CCCC2(CCCCCC2)C1. The first-order chi connectivity index (χ1) is 12.3. The molecule has 1 N–H and O–H groups in total. The average molecular weight is 354 g/mol. The number of rotatable bonds is 8. The third-order valence-corrected chi connectivity index (χ3v) is 5.77. The van der Waals surface area contributed by atoms with E-state index in [2.05, 4.69) is 15.2 Å². The zero-order valence-electron chi connectivity index (χ0n) is 16.5. The predicted octanol–water partition coefficient (Wildman–Crippen LogP) is 3.44. The molecule has 2 aliphatic rings. The Morgan fingerprint density at radius 3 is 2.48 bits per heavy atom. The van der Waals surface area contributed by atoms with Gasteiger partial charge >= 0.3 is 0 Å². The highest BCUT2D eigenvalue weighted by molar-refractivity contribution is 5.80. The van der Waals surface area contributed by atoms with Crippen molar-refractivity contribution < 1.29 is 9.47 Å². The summed E-state index contributed by atoms with van der Waals surface area (Å²) in [5.41, 5.74) is 0.557. The molecule has 2 rings (SSSR count). The monoisotopic (exact) mass is 353 g/mol. The molecule has 0 atom stereocenters. The third kappa shape index (κ3) is 7.14. The molecule has 25 heavy (non-hydrogen) atoms. The summed E-state index contributed by atoms with van der Waals surface area (Å²) in [5, 5.41) is 3.57. The number of unbranched alkanes of at least 4 members (excludes halogenated alkanes) is 1. The highest BCUT2D eigenvalue weighted by atomic mass is 16.5. The Hall–Kier alpha value is -0.810. The molecule has 0 aromatic carbocycles. The zero-order chi connectivity index (χ0) is 17.8. The van der Waals surface area contributed by atoms with Gasteiger partial charge in [0.05, 0.1) is 13.2 Å². The van der Waals surface area contributed by atoms with Gasteiger partial charge in [-0.1, -0.05) is 25.7 Å². The van der Waals surface area contributed by atoms with Crippen LogP contribution in [0.15, 0.2) is 4.99 Å². The second-order valence-electron chi connectivity index (χ2n) is 7.73. The summed E-state index contributed by atoms with van der Waals surface area (Å²) in [6, 6.07) is 0. The largest absolute Gasteiger partial charge is 0.382 e. The summed E-state index contributed by atoms with van der Waals surface area (Å²) in [6.45, 7) is 5.53. The van der Waals surface area contributed by atoms with Crippen LogP contribution < -0.4 is 5.32 Å². The van der Waals surface area contributed by atoms with Crippen molar-refractivity contribution >= 4 is 5.96 Å². The first-order valence-electron chi connectivity index (χ1n) is 10.3. The van der Waals surface area contributed by atoms with Crippen molar-refractivity contribution in [3.8, 4) is 0 Å². The van der Waals surface area contributed by atoms with Gasteiger partial charge < -0.3 is 19.7 Å². The average Bonchev–Trinajstić information content (AvgIpc) is 2.86. The lowest BCUT2D eigenvalue weighted by molar-refractivity contribution is 0.0688. The number of hydrogen-bond acceptors (Lipinski definition) is 3. The molecule has 1 saturated heterocycles. The van der Waals surface area contributed by atoms with E-state index in [0.29, 0.717) is 18.6 Å². The molecular formula is C20H39N3O2. The summed E-state index contributed by atoms with van der Waals surface area (Å²) >= 11 is 0.